The topological polar surface area (TPSA) is 0 Å². The highest BCUT2D eigenvalue weighted by Crippen LogP contribution is 2.06. The second kappa shape index (κ2) is 6.23. The van der Waals surface area contributed by atoms with Crippen LogP contribution in [0.2, 0.25) is 0 Å². The Kier molecular flexibility index (Phi) is 4.89. The molecule has 0 nitrogen and oxygen atoms in total. The van der Waals surface area contributed by atoms with Crippen LogP contribution < -0.4 is 0 Å². The average Bonchev–Trinajstić information content (AvgIpc) is 2.26. The lowest BCUT2D eigenvalue weighted by atomic mass is 10.1. The first kappa shape index (κ1) is 11.8. The van der Waals surface area contributed by atoms with Gasteiger partial charge in [0.05, 0.1) is 0 Å². The molecule has 15 heavy (non-hydrogen) atoms. The maximum Gasteiger partial charge on any atom is -0.0244 e. The fourth-order valence-electron chi connectivity index (χ4n) is 1.37. The van der Waals surface area contributed by atoms with Gasteiger partial charge >= 0.3 is 0 Å². The SMILES string of the molecule is C/C=C(C)\C=C/CCc1ccc(C)cc1. The summed E-state index contributed by atoms with van der Waals surface area (Å²) in [6.07, 6.45) is 8.81. The molecule has 0 saturated heterocycles. The quantitative estimate of drug-likeness (QED) is 0.630. The van der Waals surface area contributed by atoms with Gasteiger partial charge in [-0.2, -0.15) is 0 Å². The van der Waals surface area contributed by atoms with Crippen molar-refractivity contribution in [1.29, 1.82) is 0 Å². The summed E-state index contributed by atoms with van der Waals surface area (Å²) in [6.45, 7) is 6.32. The summed E-state index contributed by atoms with van der Waals surface area (Å²) in [5.74, 6) is 0. The highest BCUT2D eigenvalue weighted by atomic mass is 14.0. The number of hydrogen-bond acceptors (Lipinski definition) is 0. The molecule has 80 valence electrons. The Balaban J connectivity index is 2.38. The van der Waals surface area contributed by atoms with Crippen molar-refractivity contribution < 1.29 is 0 Å². The Labute approximate surface area is 93.3 Å². The molecule has 0 unspecified atom stereocenters. The minimum atomic E-state index is 1.12. The van der Waals surface area contributed by atoms with Crippen molar-refractivity contribution in [3.8, 4) is 0 Å². The van der Waals surface area contributed by atoms with Crippen molar-refractivity contribution in [1.82, 2.24) is 0 Å². The van der Waals surface area contributed by atoms with Gasteiger partial charge < -0.3 is 0 Å². The average molecular weight is 200 g/mol. The molecule has 0 fully saturated rings. The molecule has 0 amide bonds. The van der Waals surface area contributed by atoms with Crippen LogP contribution >= 0.6 is 0 Å². The number of allylic oxidation sites excluding steroid dienone is 4. The highest BCUT2D eigenvalue weighted by Gasteiger charge is 1.90. The zero-order valence-corrected chi connectivity index (χ0v) is 9.96. The molecule has 0 radical (unpaired) electrons. The summed E-state index contributed by atoms with van der Waals surface area (Å²) in [7, 11) is 0. The van der Waals surface area contributed by atoms with Crippen molar-refractivity contribution in [3.63, 3.8) is 0 Å². The van der Waals surface area contributed by atoms with E-state index >= 15 is 0 Å². The second-order valence-electron chi connectivity index (χ2n) is 3.96. The predicted octanol–water partition coefficient (Wildman–Crippen LogP) is 4.45. The van der Waals surface area contributed by atoms with Crippen LogP contribution in [0.4, 0.5) is 0 Å². The molecule has 1 aromatic rings. The van der Waals surface area contributed by atoms with E-state index in [0.717, 1.165) is 12.8 Å². The van der Waals surface area contributed by atoms with E-state index in [4.69, 9.17) is 0 Å². The summed E-state index contributed by atoms with van der Waals surface area (Å²) in [5, 5.41) is 0. The smallest absolute Gasteiger partial charge is 0.0244 e. The first-order valence-electron chi connectivity index (χ1n) is 5.57. The molecular weight excluding hydrogens is 180 g/mol. The lowest BCUT2D eigenvalue weighted by molar-refractivity contribution is 0.998. The highest BCUT2D eigenvalue weighted by molar-refractivity contribution is 5.22. The molecule has 0 aliphatic carbocycles. The first-order valence-corrected chi connectivity index (χ1v) is 5.57. The van der Waals surface area contributed by atoms with Crippen molar-refractivity contribution in [2.45, 2.75) is 33.6 Å². The number of benzene rings is 1. The van der Waals surface area contributed by atoms with Crippen LogP contribution in [-0.4, -0.2) is 0 Å². The third kappa shape index (κ3) is 4.64. The molecule has 0 spiro atoms. The summed E-state index contributed by atoms with van der Waals surface area (Å²) in [4.78, 5) is 0. The molecule has 0 N–H and O–H groups in total. The Morgan fingerprint density at radius 1 is 1.20 bits per heavy atom. The molecule has 0 aliphatic heterocycles. The van der Waals surface area contributed by atoms with E-state index in [2.05, 4.69) is 63.3 Å². The van der Waals surface area contributed by atoms with Gasteiger partial charge in [0.1, 0.15) is 0 Å². The third-order valence-electron chi connectivity index (χ3n) is 2.56. The Hall–Kier alpha value is -1.30. The molecule has 0 aliphatic rings. The summed E-state index contributed by atoms with van der Waals surface area (Å²) < 4.78 is 0. The molecule has 0 aromatic heterocycles. The first-order chi connectivity index (χ1) is 7.22. The van der Waals surface area contributed by atoms with Gasteiger partial charge in [-0.3, -0.25) is 0 Å². The van der Waals surface area contributed by atoms with E-state index in [1.165, 1.54) is 16.7 Å². The number of rotatable bonds is 4. The van der Waals surface area contributed by atoms with Gasteiger partial charge in [0.15, 0.2) is 0 Å². The zero-order valence-electron chi connectivity index (χ0n) is 9.96. The summed E-state index contributed by atoms with van der Waals surface area (Å²) >= 11 is 0. The van der Waals surface area contributed by atoms with Crippen LogP contribution in [0.3, 0.4) is 0 Å². The predicted molar refractivity (Wildman–Crippen MR) is 68.1 cm³/mol. The van der Waals surface area contributed by atoms with E-state index in [0.29, 0.717) is 0 Å². The van der Waals surface area contributed by atoms with Crippen LogP contribution in [0.5, 0.6) is 0 Å². The molecule has 0 heterocycles. The fraction of sp³-hybridized carbons (Fsp3) is 0.333. The van der Waals surface area contributed by atoms with Crippen LogP contribution in [0.15, 0.2) is 48.1 Å². The normalized spacial score (nSPS) is 12.3. The van der Waals surface area contributed by atoms with Gasteiger partial charge in [0, 0.05) is 0 Å². The van der Waals surface area contributed by atoms with Gasteiger partial charge in [-0.1, -0.05) is 53.6 Å². The lowest BCUT2D eigenvalue weighted by Gasteiger charge is -1.98. The minimum absolute atomic E-state index is 1.12. The summed E-state index contributed by atoms with van der Waals surface area (Å²) in [5.41, 5.74) is 4.08. The van der Waals surface area contributed by atoms with Crippen molar-refractivity contribution in [2.24, 2.45) is 0 Å². The van der Waals surface area contributed by atoms with Gasteiger partial charge in [-0.25, -0.2) is 0 Å². The molecule has 1 rings (SSSR count). The fourth-order valence-corrected chi connectivity index (χ4v) is 1.37. The standard InChI is InChI=1S/C15H20/c1-4-13(2)7-5-6-8-15-11-9-14(3)10-12-15/h4-5,7,9-12H,6,8H2,1-3H3/b7-5-,13-4-. The largest absolute Gasteiger partial charge is 0.0847 e. The third-order valence-corrected chi connectivity index (χ3v) is 2.56. The lowest BCUT2D eigenvalue weighted by Crippen LogP contribution is -1.83. The van der Waals surface area contributed by atoms with Crippen LogP contribution in [0.25, 0.3) is 0 Å². The van der Waals surface area contributed by atoms with Gasteiger partial charge in [0.25, 0.3) is 0 Å². The monoisotopic (exact) mass is 200 g/mol. The maximum atomic E-state index is 2.25. The number of hydrogen-bond donors (Lipinski definition) is 0. The van der Waals surface area contributed by atoms with Crippen molar-refractivity contribution in [3.05, 3.63) is 59.2 Å². The van der Waals surface area contributed by atoms with Gasteiger partial charge in [-0.05, 0) is 39.2 Å². The Morgan fingerprint density at radius 2 is 1.87 bits per heavy atom. The molecule has 1 aromatic carbocycles. The molecule has 0 atom stereocenters. The van der Waals surface area contributed by atoms with E-state index in [9.17, 15) is 0 Å². The van der Waals surface area contributed by atoms with Crippen molar-refractivity contribution in [2.75, 3.05) is 0 Å². The molecule has 0 saturated carbocycles. The molecule has 0 bridgehead atoms. The van der Waals surface area contributed by atoms with Crippen LogP contribution in [-0.2, 0) is 6.42 Å². The van der Waals surface area contributed by atoms with Gasteiger partial charge in [-0.15, -0.1) is 0 Å². The number of aryl methyl sites for hydroxylation is 2. The van der Waals surface area contributed by atoms with E-state index in [-0.39, 0.29) is 0 Å². The molecular formula is C15H20. The van der Waals surface area contributed by atoms with Crippen LogP contribution in [0.1, 0.15) is 31.4 Å². The van der Waals surface area contributed by atoms with E-state index in [1.54, 1.807) is 0 Å². The zero-order chi connectivity index (χ0) is 11.1. The second-order valence-corrected chi connectivity index (χ2v) is 3.96. The summed E-state index contributed by atoms with van der Waals surface area (Å²) in [6, 6.07) is 8.78. The van der Waals surface area contributed by atoms with Gasteiger partial charge in [0.2, 0.25) is 0 Å². The van der Waals surface area contributed by atoms with E-state index < -0.39 is 0 Å². The van der Waals surface area contributed by atoms with Crippen molar-refractivity contribution >= 4 is 0 Å². The Bertz CT molecular complexity index is 339. The maximum absolute atomic E-state index is 2.25. The Morgan fingerprint density at radius 3 is 2.47 bits per heavy atom. The molecule has 0 heteroatoms. The minimum Gasteiger partial charge on any atom is -0.0847 e. The van der Waals surface area contributed by atoms with Crippen LogP contribution in [0, 0.1) is 6.92 Å². The van der Waals surface area contributed by atoms with E-state index in [1.807, 2.05) is 0 Å².